The fraction of sp³-hybridized carbons (Fsp3) is 0.545. The number of hydrogen-bond donors (Lipinski definition) is 3. The molecule has 0 aromatic carbocycles. The molecule has 1 amide bonds. The van der Waals surface area contributed by atoms with Gasteiger partial charge in [-0.3, -0.25) is 20.3 Å². The number of nitrogens with one attached hydrogen (secondary N) is 2. The van der Waals surface area contributed by atoms with Crippen LogP contribution in [0.4, 0.5) is 17.5 Å². The molecular formula is C11H19N7O3. The van der Waals surface area contributed by atoms with Crippen molar-refractivity contribution in [2.24, 2.45) is 11.8 Å². The van der Waals surface area contributed by atoms with E-state index < -0.39 is 4.92 Å². The van der Waals surface area contributed by atoms with Crippen LogP contribution >= 0.6 is 0 Å². The van der Waals surface area contributed by atoms with Crippen LogP contribution in [0.5, 0.6) is 0 Å². The molecule has 1 rings (SSSR count). The fourth-order valence-corrected chi connectivity index (χ4v) is 1.51. The number of nitrogens with zero attached hydrogens (tertiary/aromatic N) is 4. The maximum Gasteiger partial charge on any atom is 0.329 e. The summed E-state index contributed by atoms with van der Waals surface area (Å²) in [5.74, 6) is 5.30. The summed E-state index contributed by atoms with van der Waals surface area (Å²) in [6.45, 7) is 4.42. The molecule has 0 bridgehead atoms. The lowest BCUT2D eigenvalue weighted by atomic mass is 10.2. The van der Waals surface area contributed by atoms with E-state index in [2.05, 4.69) is 20.7 Å². The summed E-state index contributed by atoms with van der Waals surface area (Å²) in [7, 11) is 1.53. The second-order valence-electron chi connectivity index (χ2n) is 4.86. The number of nitrogen functional groups attached to an aromatic ring is 1. The molecule has 0 saturated carbocycles. The van der Waals surface area contributed by atoms with Crippen molar-refractivity contribution in [1.29, 1.82) is 0 Å². The third-order valence-electron chi connectivity index (χ3n) is 2.53. The Balaban J connectivity index is 2.87. The smallest absolute Gasteiger partial charge is 0.329 e. The molecule has 1 aromatic heterocycles. The minimum Gasteiger partial charge on any atom is -0.354 e. The van der Waals surface area contributed by atoms with Gasteiger partial charge >= 0.3 is 5.69 Å². The summed E-state index contributed by atoms with van der Waals surface area (Å²) in [5.41, 5.74) is 1.91. The molecule has 0 saturated heterocycles. The van der Waals surface area contributed by atoms with Crippen molar-refractivity contribution in [3.63, 3.8) is 0 Å². The Morgan fingerprint density at radius 2 is 2.24 bits per heavy atom. The van der Waals surface area contributed by atoms with Gasteiger partial charge < -0.3 is 10.2 Å². The van der Waals surface area contributed by atoms with Gasteiger partial charge in [-0.15, -0.1) is 0 Å². The Kier molecular flexibility index (Phi) is 5.79. The minimum atomic E-state index is -0.613. The number of amides is 1. The number of hydrogen-bond acceptors (Lipinski definition) is 8. The highest BCUT2D eigenvalue weighted by molar-refractivity contribution is 5.81. The van der Waals surface area contributed by atoms with Gasteiger partial charge in [0, 0.05) is 13.6 Å². The average Bonchev–Trinajstić information content (AvgIpc) is 2.44. The van der Waals surface area contributed by atoms with Crippen LogP contribution in [0, 0.1) is 16.0 Å². The fourth-order valence-electron chi connectivity index (χ4n) is 1.51. The van der Waals surface area contributed by atoms with Crippen LogP contribution in [0.3, 0.4) is 0 Å². The molecule has 0 unspecified atom stereocenters. The van der Waals surface area contributed by atoms with Crippen LogP contribution in [0.2, 0.25) is 0 Å². The monoisotopic (exact) mass is 297 g/mol. The van der Waals surface area contributed by atoms with E-state index in [1.165, 1.54) is 11.9 Å². The largest absolute Gasteiger partial charge is 0.354 e. The van der Waals surface area contributed by atoms with Crippen molar-refractivity contribution in [2.45, 2.75) is 13.8 Å². The standard InChI is InChI=1S/C11H19N7O3/c1-7(2)4-13-9(19)6-17(3)10-8(18(20)21)5-14-11(15-10)16-12/h5,7H,4,6,12H2,1-3H3,(H,13,19)(H,14,15,16). The molecule has 116 valence electrons. The Hall–Kier alpha value is -2.49. The first kappa shape index (κ1) is 16.6. The number of aromatic nitrogens is 2. The molecule has 0 radical (unpaired) electrons. The Bertz CT molecular complexity index is 521. The van der Waals surface area contributed by atoms with E-state index in [0.29, 0.717) is 12.5 Å². The third kappa shape index (κ3) is 4.84. The predicted molar refractivity (Wildman–Crippen MR) is 77.6 cm³/mol. The van der Waals surface area contributed by atoms with E-state index in [1.807, 2.05) is 13.8 Å². The van der Waals surface area contributed by atoms with Gasteiger partial charge in [-0.1, -0.05) is 13.8 Å². The molecule has 1 heterocycles. The molecular weight excluding hydrogens is 278 g/mol. The van der Waals surface area contributed by atoms with E-state index in [4.69, 9.17) is 5.84 Å². The van der Waals surface area contributed by atoms with Crippen molar-refractivity contribution < 1.29 is 9.72 Å². The molecule has 0 aliphatic carbocycles. The lowest BCUT2D eigenvalue weighted by Gasteiger charge is -2.18. The number of likely N-dealkylation sites (N-methyl/N-ethyl adjacent to an activating group) is 1. The molecule has 4 N–H and O–H groups in total. The lowest BCUT2D eigenvalue weighted by Crippen LogP contribution is -2.37. The summed E-state index contributed by atoms with van der Waals surface area (Å²) in [4.78, 5) is 31.1. The number of carbonyl (C=O) groups is 1. The third-order valence-corrected chi connectivity index (χ3v) is 2.53. The number of carbonyl (C=O) groups excluding carboxylic acids is 1. The van der Waals surface area contributed by atoms with Gasteiger partial charge in [-0.25, -0.2) is 10.8 Å². The molecule has 1 aromatic rings. The zero-order chi connectivity index (χ0) is 16.0. The van der Waals surface area contributed by atoms with Gasteiger partial charge in [0.2, 0.25) is 17.7 Å². The number of nitro groups is 1. The first-order valence-electron chi connectivity index (χ1n) is 6.31. The van der Waals surface area contributed by atoms with Crippen LogP contribution in [0.1, 0.15) is 13.8 Å². The summed E-state index contributed by atoms with van der Waals surface area (Å²) in [6, 6.07) is 0. The van der Waals surface area contributed by atoms with Crippen LogP contribution in [-0.4, -0.2) is 40.9 Å². The van der Waals surface area contributed by atoms with E-state index in [1.54, 1.807) is 0 Å². The van der Waals surface area contributed by atoms with E-state index >= 15 is 0 Å². The quantitative estimate of drug-likeness (QED) is 0.359. The highest BCUT2D eigenvalue weighted by Gasteiger charge is 2.22. The molecule has 0 fully saturated rings. The number of anilines is 2. The maximum atomic E-state index is 11.8. The van der Waals surface area contributed by atoms with Gasteiger partial charge in [-0.2, -0.15) is 4.98 Å². The van der Waals surface area contributed by atoms with Gasteiger partial charge in [0.15, 0.2) is 0 Å². The van der Waals surface area contributed by atoms with Gasteiger partial charge in [0.25, 0.3) is 0 Å². The van der Waals surface area contributed by atoms with Crippen molar-refractivity contribution in [3.05, 3.63) is 16.3 Å². The van der Waals surface area contributed by atoms with Crippen molar-refractivity contribution in [1.82, 2.24) is 15.3 Å². The molecule has 0 aliphatic rings. The van der Waals surface area contributed by atoms with Gasteiger partial charge in [-0.05, 0) is 5.92 Å². The highest BCUT2D eigenvalue weighted by Crippen LogP contribution is 2.24. The first-order chi connectivity index (χ1) is 9.85. The second kappa shape index (κ2) is 7.33. The van der Waals surface area contributed by atoms with Crippen LogP contribution < -0.4 is 21.5 Å². The molecule has 21 heavy (non-hydrogen) atoms. The Labute approximate surface area is 121 Å². The van der Waals surface area contributed by atoms with E-state index in [-0.39, 0.29) is 29.9 Å². The predicted octanol–water partition coefficient (Wildman–Crippen LogP) is -0.121. The first-order valence-corrected chi connectivity index (χ1v) is 6.31. The molecule has 0 spiro atoms. The highest BCUT2D eigenvalue weighted by atomic mass is 16.6. The summed E-state index contributed by atoms with van der Waals surface area (Å²) < 4.78 is 0. The van der Waals surface area contributed by atoms with Crippen LogP contribution in [-0.2, 0) is 4.79 Å². The van der Waals surface area contributed by atoms with Crippen molar-refractivity contribution in [2.75, 3.05) is 30.5 Å². The average molecular weight is 297 g/mol. The molecule has 10 nitrogen and oxygen atoms in total. The molecule has 10 heteroatoms. The Morgan fingerprint density at radius 3 is 2.76 bits per heavy atom. The van der Waals surface area contributed by atoms with Crippen molar-refractivity contribution >= 4 is 23.4 Å². The molecule has 0 atom stereocenters. The normalized spacial score (nSPS) is 10.3. The van der Waals surface area contributed by atoms with E-state index in [9.17, 15) is 14.9 Å². The van der Waals surface area contributed by atoms with Crippen molar-refractivity contribution in [3.8, 4) is 0 Å². The Morgan fingerprint density at radius 1 is 1.57 bits per heavy atom. The second-order valence-corrected chi connectivity index (χ2v) is 4.86. The number of hydrazine groups is 1. The van der Waals surface area contributed by atoms with Gasteiger partial charge in [0.05, 0.1) is 11.5 Å². The minimum absolute atomic E-state index is 0.0163. The van der Waals surface area contributed by atoms with Gasteiger partial charge in [0.1, 0.15) is 6.20 Å². The number of nitrogens with two attached hydrogens (primary N) is 1. The van der Waals surface area contributed by atoms with Crippen LogP contribution in [0.15, 0.2) is 6.20 Å². The number of rotatable bonds is 7. The maximum absolute atomic E-state index is 11.8. The summed E-state index contributed by atoms with van der Waals surface area (Å²) in [5, 5.41) is 13.7. The topological polar surface area (TPSA) is 139 Å². The zero-order valence-electron chi connectivity index (χ0n) is 12.2. The summed E-state index contributed by atoms with van der Waals surface area (Å²) >= 11 is 0. The SMILES string of the molecule is CC(C)CNC(=O)CN(C)c1nc(NN)ncc1[N+](=O)[O-]. The van der Waals surface area contributed by atoms with E-state index in [0.717, 1.165) is 6.20 Å². The lowest BCUT2D eigenvalue weighted by molar-refractivity contribution is -0.384. The zero-order valence-corrected chi connectivity index (χ0v) is 12.2. The summed E-state index contributed by atoms with van der Waals surface area (Å²) in [6.07, 6.45) is 1.04. The molecule has 0 aliphatic heterocycles. The van der Waals surface area contributed by atoms with Crippen LogP contribution in [0.25, 0.3) is 0 Å².